The Morgan fingerprint density at radius 2 is 1.97 bits per heavy atom. The Bertz CT molecular complexity index is 1100. The zero-order chi connectivity index (χ0) is 22.9. The van der Waals surface area contributed by atoms with E-state index in [1.807, 2.05) is 19.1 Å². The Morgan fingerprint density at radius 1 is 1.22 bits per heavy atom. The minimum atomic E-state index is -3.31. The van der Waals surface area contributed by atoms with E-state index in [9.17, 15) is 13.2 Å². The number of anilines is 2. The molecule has 1 fully saturated rings. The summed E-state index contributed by atoms with van der Waals surface area (Å²) in [7, 11) is -3.31. The van der Waals surface area contributed by atoms with Gasteiger partial charge >= 0.3 is 6.03 Å². The SMILES string of the molecule is CCNC(=O)Nc1ccc(-c2nc3c(c(N4CCOCC4CC)n2)[C@H](C)S(=O)(=O)C3)cc1. The van der Waals surface area contributed by atoms with Gasteiger partial charge in [0.05, 0.1) is 36.0 Å². The van der Waals surface area contributed by atoms with Crippen LogP contribution in [0.25, 0.3) is 11.4 Å². The molecule has 10 heteroatoms. The number of carbonyl (C=O) groups excluding carboxylic acids is 1. The molecule has 0 spiro atoms. The van der Waals surface area contributed by atoms with Crippen LogP contribution >= 0.6 is 0 Å². The molecule has 0 radical (unpaired) electrons. The maximum Gasteiger partial charge on any atom is 0.319 e. The fourth-order valence-corrected chi connectivity index (χ4v) is 5.63. The first-order valence-corrected chi connectivity index (χ1v) is 12.7. The normalized spacial score (nSPS) is 21.8. The second-order valence-electron chi connectivity index (χ2n) is 8.07. The predicted octanol–water partition coefficient (Wildman–Crippen LogP) is 2.89. The van der Waals surface area contributed by atoms with Gasteiger partial charge in [0.25, 0.3) is 0 Å². The number of benzene rings is 1. The third kappa shape index (κ3) is 4.29. The maximum absolute atomic E-state index is 12.7. The Hall–Kier alpha value is -2.72. The third-order valence-electron chi connectivity index (χ3n) is 6.00. The average Bonchev–Trinajstić information content (AvgIpc) is 3.02. The molecule has 172 valence electrons. The summed E-state index contributed by atoms with van der Waals surface area (Å²) in [6, 6.07) is 7.09. The molecule has 3 heterocycles. The van der Waals surface area contributed by atoms with Gasteiger partial charge in [0.1, 0.15) is 5.82 Å². The first-order chi connectivity index (χ1) is 15.3. The standard InChI is InChI=1S/C22H29N5O4S/c1-4-17-12-31-11-10-27(17)21-19-14(3)32(29,30)13-18(19)25-20(26-21)15-6-8-16(9-7-15)24-22(28)23-5-2/h6-9,14,17H,4-5,10-13H2,1-3H3,(H2,23,24,28)/t14-,17?/m0/s1. The number of ether oxygens (including phenoxy) is 1. The van der Waals surface area contributed by atoms with Gasteiger partial charge in [-0.25, -0.2) is 23.2 Å². The molecule has 2 aromatic rings. The van der Waals surface area contributed by atoms with Crippen molar-refractivity contribution in [2.45, 2.75) is 44.2 Å². The van der Waals surface area contributed by atoms with Crippen LogP contribution in [0.15, 0.2) is 24.3 Å². The topological polar surface area (TPSA) is 114 Å². The molecule has 1 saturated heterocycles. The summed E-state index contributed by atoms with van der Waals surface area (Å²) in [6.45, 7) is 8.02. The summed E-state index contributed by atoms with van der Waals surface area (Å²) in [4.78, 5) is 23.4. The number of hydrogen-bond acceptors (Lipinski definition) is 7. The maximum atomic E-state index is 12.7. The molecule has 9 nitrogen and oxygen atoms in total. The third-order valence-corrected chi connectivity index (χ3v) is 7.99. The van der Waals surface area contributed by atoms with Gasteiger partial charge in [0.15, 0.2) is 15.7 Å². The Kier molecular flexibility index (Phi) is 6.34. The van der Waals surface area contributed by atoms with Crippen molar-refractivity contribution in [3.8, 4) is 11.4 Å². The van der Waals surface area contributed by atoms with Crippen LogP contribution in [-0.2, 0) is 20.3 Å². The number of sulfone groups is 1. The van der Waals surface area contributed by atoms with E-state index in [2.05, 4.69) is 27.4 Å². The number of nitrogens with one attached hydrogen (secondary N) is 2. The van der Waals surface area contributed by atoms with Gasteiger partial charge in [-0.05, 0) is 44.5 Å². The Balaban J connectivity index is 1.74. The minimum absolute atomic E-state index is 0.0794. The van der Waals surface area contributed by atoms with Crippen molar-refractivity contribution in [1.82, 2.24) is 15.3 Å². The number of hydrogen-bond donors (Lipinski definition) is 2. The van der Waals surface area contributed by atoms with Gasteiger partial charge in [-0.2, -0.15) is 0 Å². The largest absolute Gasteiger partial charge is 0.377 e. The summed E-state index contributed by atoms with van der Waals surface area (Å²) < 4.78 is 31.0. The molecule has 0 bridgehead atoms. The van der Waals surface area contributed by atoms with Crippen molar-refractivity contribution < 1.29 is 17.9 Å². The fraction of sp³-hybridized carbons (Fsp3) is 0.500. The van der Waals surface area contributed by atoms with Gasteiger partial charge in [-0.3, -0.25) is 0 Å². The molecule has 1 unspecified atom stereocenters. The van der Waals surface area contributed by atoms with Crippen LogP contribution in [0.4, 0.5) is 16.3 Å². The molecule has 32 heavy (non-hydrogen) atoms. The lowest BCUT2D eigenvalue weighted by molar-refractivity contribution is 0.0924. The van der Waals surface area contributed by atoms with Gasteiger partial charge in [-0.15, -0.1) is 0 Å². The molecule has 2 aliphatic heterocycles. The highest BCUT2D eigenvalue weighted by atomic mass is 32.2. The van der Waals surface area contributed by atoms with E-state index >= 15 is 0 Å². The molecule has 2 atom stereocenters. The molecule has 0 aliphatic carbocycles. The number of morpholine rings is 1. The second kappa shape index (κ2) is 9.03. The summed E-state index contributed by atoms with van der Waals surface area (Å²) >= 11 is 0. The molecule has 0 saturated carbocycles. The van der Waals surface area contributed by atoms with E-state index in [0.717, 1.165) is 12.0 Å². The lowest BCUT2D eigenvalue weighted by Crippen LogP contribution is -2.46. The number of rotatable bonds is 5. The zero-order valence-electron chi connectivity index (χ0n) is 18.6. The van der Waals surface area contributed by atoms with Crippen molar-refractivity contribution in [2.24, 2.45) is 0 Å². The van der Waals surface area contributed by atoms with Crippen LogP contribution in [0.1, 0.15) is 43.7 Å². The van der Waals surface area contributed by atoms with Crippen LogP contribution < -0.4 is 15.5 Å². The summed E-state index contributed by atoms with van der Waals surface area (Å²) in [5, 5.41) is 4.82. The van der Waals surface area contributed by atoms with Crippen molar-refractivity contribution in [3.63, 3.8) is 0 Å². The summed E-state index contributed by atoms with van der Waals surface area (Å²) in [6.07, 6.45) is 0.870. The van der Waals surface area contributed by atoms with E-state index in [1.54, 1.807) is 19.1 Å². The van der Waals surface area contributed by atoms with E-state index < -0.39 is 15.1 Å². The van der Waals surface area contributed by atoms with Crippen molar-refractivity contribution in [3.05, 3.63) is 35.5 Å². The highest BCUT2D eigenvalue weighted by Gasteiger charge is 2.40. The molecular formula is C22H29N5O4S. The molecule has 2 aliphatic rings. The number of aromatic nitrogens is 2. The van der Waals surface area contributed by atoms with Gasteiger partial charge in [0.2, 0.25) is 0 Å². The molecule has 4 rings (SSSR count). The lowest BCUT2D eigenvalue weighted by Gasteiger charge is -2.37. The predicted molar refractivity (Wildman–Crippen MR) is 123 cm³/mol. The van der Waals surface area contributed by atoms with E-state index in [-0.39, 0.29) is 17.8 Å². The quantitative estimate of drug-likeness (QED) is 0.707. The van der Waals surface area contributed by atoms with Crippen molar-refractivity contribution in [1.29, 1.82) is 0 Å². The van der Waals surface area contributed by atoms with Crippen LogP contribution in [0.3, 0.4) is 0 Å². The van der Waals surface area contributed by atoms with Crippen molar-refractivity contribution in [2.75, 3.05) is 36.5 Å². The van der Waals surface area contributed by atoms with Crippen LogP contribution in [0, 0.1) is 0 Å². The van der Waals surface area contributed by atoms with Crippen molar-refractivity contribution >= 4 is 27.4 Å². The zero-order valence-corrected chi connectivity index (χ0v) is 19.4. The molecular weight excluding hydrogens is 430 g/mol. The molecule has 2 N–H and O–H groups in total. The number of nitrogens with zero attached hydrogens (tertiary/aromatic N) is 3. The smallest absolute Gasteiger partial charge is 0.319 e. The number of fused-ring (bicyclic) bond motifs is 1. The highest BCUT2D eigenvalue weighted by molar-refractivity contribution is 7.91. The molecule has 2 amide bonds. The van der Waals surface area contributed by atoms with Gasteiger partial charge < -0.3 is 20.3 Å². The Morgan fingerprint density at radius 3 is 2.66 bits per heavy atom. The Labute approximate surface area is 188 Å². The summed E-state index contributed by atoms with van der Waals surface area (Å²) in [5.41, 5.74) is 2.69. The van der Waals surface area contributed by atoms with Gasteiger partial charge in [0, 0.05) is 29.9 Å². The van der Waals surface area contributed by atoms with E-state index in [0.29, 0.717) is 54.9 Å². The van der Waals surface area contributed by atoms with Crippen LogP contribution in [0.2, 0.25) is 0 Å². The first kappa shape index (κ1) is 22.5. The summed E-state index contributed by atoms with van der Waals surface area (Å²) in [5.74, 6) is 1.09. The highest BCUT2D eigenvalue weighted by Crippen LogP contribution is 2.42. The van der Waals surface area contributed by atoms with E-state index in [1.165, 1.54) is 0 Å². The first-order valence-electron chi connectivity index (χ1n) is 11.0. The lowest BCUT2D eigenvalue weighted by atomic mass is 10.1. The fourth-order valence-electron chi connectivity index (χ4n) is 4.18. The van der Waals surface area contributed by atoms with Crippen LogP contribution in [0.5, 0.6) is 0 Å². The monoisotopic (exact) mass is 459 g/mol. The van der Waals surface area contributed by atoms with E-state index in [4.69, 9.17) is 9.72 Å². The molecule has 1 aromatic heterocycles. The minimum Gasteiger partial charge on any atom is -0.377 e. The number of carbonyl (C=O) groups is 1. The number of urea groups is 1. The average molecular weight is 460 g/mol. The van der Waals surface area contributed by atoms with Crippen LogP contribution in [-0.4, -0.2) is 56.8 Å². The van der Waals surface area contributed by atoms with Gasteiger partial charge in [-0.1, -0.05) is 6.92 Å². The number of amides is 2. The second-order valence-corrected chi connectivity index (χ2v) is 10.4. The molecule has 1 aromatic carbocycles.